The Morgan fingerprint density at radius 1 is 1.30 bits per heavy atom. The third-order valence-corrected chi connectivity index (χ3v) is 4.86. The summed E-state index contributed by atoms with van der Waals surface area (Å²) < 4.78 is 5.92. The van der Waals surface area contributed by atoms with Crippen molar-refractivity contribution in [1.29, 1.82) is 0 Å². The molecule has 0 radical (unpaired) electrons. The van der Waals surface area contributed by atoms with Crippen LogP contribution in [0.5, 0.6) is 5.75 Å². The molecule has 3 rings (SSSR count). The van der Waals surface area contributed by atoms with Gasteiger partial charge in [0.05, 0.1) is 0 Å². The Labute approximate surface area is 164 Å². The van der Waals surface area contributed by atoms with Crippen molar-refractivity contribution >= 4 is 17.5 Å². The third-order valence-electron chi connectivity index (χ3n) is 4.54. The van der Waals surface area contributed by atoms with Crippen LogP contribution in [0.4, 0.5) is 0 Å². The van der Waals surface area contributed by atoms with Gasteiger partial charge in [0.2, 0.25) is 0 Å². The Morgan fingerprint density at radius 3 is 2.67 bits per heavy atom. The van der Waals surface area contributed by atoms with Gasteiger partial charge in [0, 0.05) is 42.0 Å². The van der Waals surface area contributed by atoms with Gasteiger partial charge in [-0.15, -0.1) is 0 Å². The lowest BCUT2D eigenvalue weighted by Gasteiger charge is -2.17. The van der Waals surface area contributed by atoms with Crippen molar-refractivity contribution < 1.29 is 9.53 Å². The van der Waals surface area contributed by atoms with Gasteiger partial charge in [-0.1, -0.05) is 35.9 Å². The van der Waals surface area contributed by atoms with Gasteiger partial charge in [0.1, 0.15) is 11.9 Å². The second kappa shape index (κ2) is 8.46. The topological polar surface area (TPSA) is 53.6 Å². The van der Waals surface area contributed by atoms with E-state index in [0.717, 1.165) is 23.6 Å². The Balaban J connectivity index is 1.63. The minimum atomic E-state index is -0.218. The van der Waals surface area contributed by atoms with E-state index in [9.17, 15) is 4.79 Å². The monoisotopic (exact) mass is 385 g/mol. The highest BCUT2D eigenvalue weighted by molar-refractivity contribution is 6.31. The molecule has 0 saturated heterocycles. The molecule has 0 saturated carbocycles. The minimum Gasteiger partial charge on any atom is -0.486 e. The number of rotatable bonds is 6. The SMILES string of the molecule is CC1=C(CNC(=O)c2ccc(C(C)Oc3ccccc3)c(Cl)c2)CN(C)N1. The van der Waals surface area contributed by atoms with E-state index in [-0.39, 0.29) is 12.0 Å². The summed E-state index contributed by atoms with van der Waals surface area (Å²) in [7, 11) is 1.97. The maximum absolute atomic E-state index is 12.5. The molecule has 2 N–H and O–H groups in total. The number of nitrogens with zero attached hydrogens (tertiary/aromatic N) is 1. The molecule has 0 bridgehead atoms. The highest BCUT2D eigenvalue weighted by atomic mass is 35.5. The van der Waals surface area contributed by atoms with Crippen molar-refractivity contribution in [2.75, 3.05) is 20.1 Å². The van der Waals surface area contributed by atoms with E-state index >= 15 is 0 Å². The van der Waals surface area contributed by atoms with E-state index in [1.807, 2.05) is 62.3 Å². The smallest absolute Gasteiger partial charge is 0.251 e. The molecule has 2 aromatic carbocycles. The lowest BCUT2D eigenvalue weighted by molar-refractivity contribution is 0.0956. The van der Waals surface area contributed by atoms with Crippen molar-refractivity contribution in [3.05, 3.63) is 76.0 Å². The Morgan fingerprint density at radius 2 is 2.04 bits per heavy atom. The van der Waals surface area contributed by atoms with Crippen molar-refractivity contribution in [2.45, 2.75) is 20.0 Å². The van der Waals surface area contributed by atoms with Crippen molar-refractivity contribution in [2.24, 2.45) is 0 Å². The normalized spacial score (nSPS) is 15.4. The summed E-state index contributed by atoms with van der Waals surface area (Å²) in [6.07, 6.45) is -0.218. The maximum Gasteiger partial charge on any atom is 0.251 e. The maximum atomic E-state index is 12.5. The predicted molar refractivity (Wildman–Crippen MR) is 108 cm³/mol. The Kier molecular flexibility index (Phi) is 6.04. The second-order valence-electron chi connectivity index (χ2n) is 6.69. The molecular weight excluding hydrogens is 362 g/mol. The van der Waals surface area contributed by atoms with E-state index in [4.69, 9.17) is 16.3 Å². The van der Waals surface area contributed by atoms with Crippen LogP contribution < -0.4 is 15.5 Å². The van der Waals surface area contributed by atoms with E-state index < -0.39 is 0 Å². The molecule has 2 aromatic rings. The summed E-state index contributed by atoms with van der Waals surface area (Å²) in [5, 5.41) is 5.45. The molecule has 0 fully saturated rings. The van der Waals surface area contributed by atoms with Crippen LogP contribution in [0.25, 0.3) is 0 Å². The van der Waals surface area contributed by atoms with Gasteiger partial charge < -0.3 is 15.5 Å². The average Bonchev–Trinajstić information content (AvgIpc) is 2.97. The lowest BCUT2D eigenvalue weighted by atomic mass is 10.1. The third kappa shape index (κ3) is 4.81. The fraction of sp³-hybridized carbons (Fsp3) is 0.286. The number of hydrazine groups is 1. The molecule has 1 amide bonds. The van der Waals surface area contributed by atoms with Crippen molar-refractivity contribution in [3.63, 3.8) is 0 Å². The summed E-state index contributed by atoms with van der Waals surface area (Å²) in [6.45, 7) is 5.24. The zero-order valence-electron chi connectivity index (χ0n) is 15.8. The van der Waals surface area contributed by atoms with Gasteiger partial charge in [-0.3, -0.25) is 4.79 Å². The van der Waals surface area contributed by atoms with E-state index in [0.29, 0.717) is 17.1 Å². The molecule has 1 unspecified atom stereocenters. The van der Waals surface area contributed by atoms with Gasteiger partial charge in [-0.25, -0.2) is 5.01 Å². The zero-order valence-corrected chi connectivity index (χ0v) is 16.5. The van der Waals surface area contributed by atoms with Crippen LogP contribution in [-0.2, 0) is 0 Å². The quantitative estimate of drug-likeness (QED) is 0.791. The number of para-hydroxylation sites is 1. The van der Waals surface area contributed by atoms with E-state index in [2.05, 4.69) is 10.7 Å². The number of hydrogen-bond acceptors (Lipinski definition) is 4. The Bertz CT molecular complexity index is 852. The summed E-state index contributed by atoms with van der Waals surface area (Å²) in [4.78, 5) is 12.5. The molecule has 1 aliphatic heterocycles. The average molecular weight is 386 g/mol. The number of amides is 1. The Hall–Kier alpha value is -2.50. The highest BCUT2D eigenvalue weighted by Crippen LogP contribution is 2.28. The summed E-state index contributed by atoms with van der Waals surface area (Å²) in [5.41, 5.74) is 6.83. The number of carbonyl (C=O) groups excluding carboxylic acids is 1. The number of hydrogen-bond donors (Lipinski definition) is 2. The fourth-order valence-corrected chi connectivity index (χ4v) is 3.39. The van der Waals surface area contributed by atoms with Gasteiger partial charge in [0.25, 0.3) is 5.91 Å². The largest absolute Gasteiger partial charge is 0.486 e. The van der Waals surface area contributed by atoms with Crippen molar-refractivity contribution in [1.82, 2.24) is 15.8 Å². The van der Waals surface area contributed by atoms with E-state index in [1.165, 1.54) is 5.57 Å². The molecule has 142 valence electrons. The molecule has 0 spiro atoms. The standard InChI is InChI=1S/C21H24ClN3O2/c1-14-17(13-25(3)24-14)12-23-21(26)16-9-10-19(20(22)11-16)15(2)27-18-7-5-4-6-8-18/h4-11,15,24H,12-13H2,1-3H3,(H,23,26). The predicted octanol–water partition coefficient (Wildman–Crippen LogP) is 3.93. The van der Waals surface area contributed by atoms with Crippen LogP contribution in [0.3, 0.4) is 0 Å². The van der Waals surface area contributed by atoms with Gasteiger partial charge in [0.15, 0.2) is 0 Å². The molecule has 1 heterocycles. The number of benzene rings is 2. The number of allylic oxidation sites excluding steroid dienone is 1. The first-order chi connectivity index (χ1) is 12.9. The first kappa shape index (κ1) is 19.3. The zero-order chi connectivity index (χ0) is 19.4. The van der Waals surface area contributed by atoms with Gasteiger partial charge in [-0.05, 0) is 43.7 Å². The molecule has 0 aliphatic carbocycles. The lowest BCUT2D eigenvalue weighted by Crippen LogP contribution is -2.28. The molecule has 27 heavy (non-hydrogen) atoms. The number of ether oxygens (including phenoxy) is 1. The molecule has 5 nitrogen and oxygen atoms in total. The van der Waals surface area contributed by atoms with Crippen LogP contribution in [-0.4, -0.2) is 31.1 Å². The number of halogens is 1. The van der Waals surface area contributed by atoms with E-state index in [1.54, 1.807) is 12.1 Å². The number of nitrogens with one attached hydrogen (secondary N) is 2. The summed E-state index contributed by atoms with van der Waals surface area (Å²) >= 11 is 6.42. The van der Waals surface area contributed by atoms with Crippen molar-refractivity contribution in [3.8, 4) is 5.75 Å². The van der Waals surface area contributed by atoms with Crippen LogP contribution in [0.15, 0.2) is 59.8 Å². The van der Waals surface area contributed by atoms with Gasteiger partial charge >= 0.3 is 0 Å². The summed E-state index contributed by atoms with van der Waals surface area (Å²) in [5.74, 6) is 0.636. The van der Waals surface area contributed by atoms with Gasteiger partial charge in [-0.2, -0.15) is 0 Å². The van der Waals surface area contributed by atoms with Crippen LogP contribution in [0.2, 0.25) is 5.02 Å². The fourth-order valence-electron chi connectivity index (χ4n) is 3.05. The minimum absolute atomic E-state index is 0.144. The molecule has 1 atom stereocenters. The van der Waals surface area contributed by atoms with Crippen LogP contribution >= 0.6 is 11.6 Å². The highest BCUT2D eigenvalue weighted by Gasteiger charge is 2.17. The molecule has 0 aromatic heterocycles. The second-order valence-corrected chi connectivity index (χ2v) is 7.10. The number of carbonyl (C=O) groups is 1. The number of likely N-dealkylation sites (N-methyl/N-ethyl adjacent to an activating group) is 1. The first-order valence-corrected chi connectivity index (χ1v) is 9.27. The molecule has 1 aliphatic rings. The molecule has 6 heteroatoms. The summed E-state index contributed by atoms with van der Waals surface area (Å²) in [6, 6.07) is 14.9. The van der Waals surface area contributed by atoms with Crippen LogP contribution in [0.1, 0.15) is 35.9 Å². The molecular formula is C21H24ClN3O2. The van der Waals surface area contributed by atoms with Crippen LogP contribution in [0, 0.1) is 0 Å². The first-order valence-electron chi connectivity index (χ1n) is 8.90.